The first-order valence-electron chi connectivity index (χ1n) is 5.85. The summed E-state index contributed by atoms with van der Waals surface area (Å²) in [4.78, 5) is 11.9. The van der Waals surface area contributed by atoms with Crippen LogP contribution < -0.4 is 4.72 Å². The van der Waals surface area contributed by atoms with Crippen molar-refractivity contribution in [3.05, 3.63) is 60.2 Å². The zero-order valence-corrected chi connectivity index (χ0v) is 11.3. The molecule has 2 rings (SSSR count). The van der Waals surface area contributed by atoms with E-state index in [4.69, 9.17) is 0 Å². The molecule has 2 aromatic carbocycles. The Morgan fingerprint density at radius 2 is 1.60 bits per heavy atom. The van der Waals surface area contributed by atoms with Crippen LogP contribution in [0.4, 0.5) is 5.69 Å². The van der Waals surface area contributed by atoms with E-state index in [-0.39, 0.29) is 11.3 Å². The second kappa shape index (κ2) is 5.75. The van der Waals surface area contributed by atoms with Gasteiger partial charge in [0.15, 0.2) is 5.78 Å². The van der Waals surface area contributed by atoms with Crippen molar-refractivity contribution in [2.75, 3.05) is 10.5 Å². The van der Waals surface area contributed by atoms with Crippen LogP contribution in [0.2, 0.25) is 0 Å². The molecule has 0 bridgehead atoms. The van der Waals surface area contributed by atoms with E-state index in [9.17, 15) is 18.3 Å². The lowest BCUT2D eigenvalue weighted by molar-refractivity contribution is 0.101. The predicted molar refractivity (Wildman–Crippen MR) is 76.3 cm³/mol. The molecule has 0 unspecified atom stereocenters. The van der Waals surface area contributed by atoms with Gasteiger partial charge in [0.05, 0.1) is 5.56 Å². The zero-order valence-electron chi connectivity index (χ0n) is 10.5. The Labute approximate surface area is 116 Å². The Bertz CT molecular complexity index is 711. The van der Waals surface area contributed by atoms with Crippen LogP contribution in [0.3, 0.4) is 0 Å². The number of hydrogen-bond acceptors (Lipinski definition) is 4. The highest BCUT2D eigenvalue weighted by atomic mass is 32.2. The molecule has 0 aliphatic heterocycles. The average molecular weight is 291 g/mol. The van der Waals surface area contributed by atoms with E-state index in [1.807, 2.05) is 0 Å². The molecule has 0 aliphatic carbocycles. The number of nitrogens with one attached hydrogen (secondary N) is 1. The number of para-hydroxylation sites is 2. The number of anilines is 1. The largest absolute Gasteiger partial charge is 0.507 e. The molecule has 6 heteroatoms. The number of Topliss-reactive ketones (excluding diaryl/α,β-unsaturated/α-hetero) is 1. The van der Waals surface area contributed by atoms with Gasteiger partial charge in [0.2, 0.25) is 10.0 Å². The van der Waals surface area contributed by atoms with E-state index in [0.717, 1.165) is 0 Å². The molecule has 0 heterocycles. The first-order valence-corrected chi connectivity index (χ1v) is 7.50. The van der Waals surface area contributed by atoms with Crippen molar-refractivity contribution in [3.8, 4) is 5.75 Å². The van der Waals surface area contributed by atoms with E-state index in [1.165, 1.54) is 12.1 Å². The van der Waals surface area contributed by atoms with Crippen LogP contribution in [0.5, 0.6) is 5.75 Å². The summed E-state index contributed by atoms with van der Waals surface area (Å²) in [5, 5.41) is 9.53. The fourth-order valence-corrected chi connectivity index (χ4v) is 2.75. The quantitative estimate of drug-likeness (QED) is 0.825. The molecule has 0 aromatic heterocycles. The summed E-state index contributed by atoms with van der Waals surface area (Å²) in [6.07, 6.45) is 0. The number of ketones is 1. The first-order chi connectivity index (χ1) is 9.48. The zero-order chi connectivity index (χ0) is 14.6. The molecule has 0 radical (unpaired) electrons. The lowest BCUT2D eigenvalue weighted by Crippen LogP contribution is -2.23. The molecule has 2 aromatic rings. The van der Waals surface area contributed by atoms with E-state index in [1.54, 1.807) is 42.5 Å². The second-order valence-corrected chi connectivity index (χ2v) is 5.89. The maximum atomic E-state index is 11.9. The molecule has 0 saturated carbocycles. The summed E-state index contributed by atoms with van der Waals surface area (Å²) in [7, 11) is -3.81. The molecule has 0 fully saturated rings. The number of carbonyl (C=O) groups is 1. The highest BCUT2D eigenvalue weighted by Crippen LogP contribution is 2.17. The summed E-state index contributed by atoms with van der Waals surface area (Å²) in [6.45, 7) is 0. The monoisotopic (exact) mass is 291 g/mol. The Balaban J connectivity index is 2.13. The number of sulfonamides is 1. The van der Waals surface area contributed by atoms with Gasteiger partial charge in [-0.15, -0.1) is 0 Å². The number of phenolic OH excluding ortho intramolecular Hbond substituents is 1. The minimum atomic E-state index is -3.81. The molecular formula is C14H13NO4S. The molecule has 5 nitrogen and oxygen atoms in total. The average Bonchev–Trinajstić information content (AvgIpc) is 2.39. The third-order valence-corrected chi connectivity index (χ3v) is 3.76. The fraction of sp³-hybridized carbons (Fsp3) is 0.0714. The van der Waals surface area contributed by atoms with Crippen molar-refractivity contribution < 1.29 is 18.3 Å². The highest BCUT2D eigenvalue weighted by Gasteiger charge is 2.19. The maximum Gasteiger partial charge on any atom is 0.240 e. The molecule has 0 aliphatic rings. The van der Waals surface area contributed by atoms with Gasteiger partial charge in [-0.05, 0) is 24.3 Å². The van der Waals surface area contributed by atoms with Crippen molar-refractivity contribution in [1.29, 1.82) is 0 Å². The van der Waals surface area contributed by atoms with Gasteiger partial charge in [-0.25, -0.2) is 8.42 Å². The number of aromatic hydroxyl groups is 1. The third-order valence-electron chi connectivity index (χ3n) is 2.57. The molecule has 0 saturated heterocycles. The minimum absolute atomic E-state index is 0.00839. The third kappa shape index (κ3) is 3.58. The van der Waals surface area contributed by atoms with Crippen LogP contribution in [0, 0.1) is 0 Å². The second-order valence-electron chi connectivity index (χ2n) is 4.17. The van der Waals surface area contributed by atoms with E-state index in [0.29, 0.717) is 5.69 Å². The van der Waals surface area contributed by atoms with Crippen molar-refractivity contribution in [2.45, 2.75) is 0 Å². The summed E-state index contributed by atoms with van der Waals surface area (Å²) in [5.41, 5.74) is 0.378. The summed E-state index contributed by atoms with van der Waals surface area (Å²) in [6, 6.07) is 14.1. The van der Waals surface area contributed by atoms with Gasteiger partial charge in [0.1, 0.15) is 11.5 Å². The molecule has 0 amide bonds. The molecule has 2 N–H and O–H groups in total. The van der Waals surface area contributed by atoms with Crippen LogP contribution in [0.15, 0.2) is 54.6 Å². The van der Waals surface area contributed by atoms with Gasteiger partial charge >= 0.3 is 0 Å². The lowest BCUT2D eigenvalue weighted by Gasteiger charge is -2.08. The molecule has 104 valence electrons. The van der Waals surface area contributed by atoms with E-state index >= 15 is 0 Å². The van der Waals surface area contributed by atoms with Crippen molar-refractivity contribution in [3.63, 3.8) is 0 Å². The number of benzene rings is 2. The van der Waals surface area contributed by atoms with Gasteiger partial charge in [-0.3, -0.25) is 9.52 Å². The molecule has 20 heavy (non-hydrogen) atoms. The van der Waals surface area contributed by atoms with E-state index in [2.05, 4.69) is 4.72 Å². The smallest absolute Gasteiger partial charge is 0.240 e. The van der Waals surface area contributed by atoms with Crippen molar-refractivity contribution >= 4 is 21.5 Å². The Morgan fingerprint density at radius 3 is 2.25 bits per heavy atom. The number of hydrogen-bond donors (Lipinski definition) is 2. The number of phenols is 1. The molecule has 0 atom stereocenters. The lowest BCUT2D eigenvalue weighted by atomic mass is 10.1. The van der Waals surface area contributed by atoms with Crippen LogP contribution in [-0.2, 0) is 10.0 Å². The Kier molecular flexibility index (Phi) is 4.05. The number of rotatable bonds is 5. The topological polar surface area (TPSA) is 83.5 Å². The standard InChI is InChI=1S/C14H13NO4S/c16-13-9-5-4-8-12(13)14(17)10-20(18,19)15-11-6-2-1-3-7-11/h1-9,15-16H,10H2. The van der Waals surface area contributed by atoms with Gasteiger partial charge < -0.3 is 5.11 Å². The van der Waals surface area contributed by atoms with Crippen LogP contribution >= 0.6 is 0 Å². The predicted octanol–water partition coefficient (Wildman–Crippen LogP) is 2.02. The van der Waals surface area contributed by atoms with Crippen LogP contribution in [0.1, 0.15) is 10.4 Å². The van der Waals surface area contributed by atoms with Crippen LogP contribution in [-0.4, -0.2) is 25.1 Å². The van der Waals surface area contributed by atoms with Gasteiger partial charge in [0, 0.05) is 5.69 Å². The van der Waals surface area contributed by atoms with Gasteiger partial charge in [0.25, 0.3) is 0 Å². The Morgan fingerprint density at radius 1 is 1.00 bits per heavy atom. The van der Waals surface area contributed by atoms with Crippen LogP contribution in [0.25, 0.3) is 0 Å². The van der Waals surface area contributed by atoms with Gasteiger partial charge in [-0.2, -0.15) is 0 Å². The molecule has 0 spiro atoms. The maximum absolute atomic E-state index is 11.9. The molecular weight excluding hydrogens is 278 g/mol. The van der Waals surface area contributed by atoms with Crippen molar-refractivity contribution in [2.24, 2.45) is 0 Å². The highest BCUT2D eigenvalue weighted by molar-refractivity contribution is 7.93. The normalized spacial score (nSPS) is 11.0. The minimum Gasteiger partial charge on any atom is -0.507 e. The summed E-state index contributed by atoms with van der Waals surface area (Å²) in [5.74, 6) is -1.61. The van der Waals surface area contributed by atoms with Gasteiger partial charge in [-0.1, -0.05) is 30.3 Å². The number of carbonyl (C=O) groups excluding carboxylic acids is 1. The summed E-state index contributed by atoms with van der Waals surface area (Å²) < 4.78 is 26.1. The van der Waals surface area contributed by atoms with E-state index < -0.39 is 21.6 Å². The summed E-state index contributed by atoms with van der Waals surface area (Å²) >= 11 is 0. The SMILES string of the molecule is O=C(CS(=O)(=O)Nc1ccccc1)c1ccccc1O. The van der Waals surface area contributed by atoms with Crippen molar-refractivity contribution in [1.82, 2.24) is 0 Å². The Hall–Kier alpha value is -2.34. The fourth-order valence-electron chi connectivity index (χ4n) is 1.68. The first kappa shape index (κ1) is 14.1.